The van der Waals surface area contributed by atoms with Crippen LogP contribution in [-0.2, 0) is 9.47 Å². The number of aliphatic hydroxyl groups excluding tert-OH is 1. The molecule has 0 aromatic heterocycles. The van der Waals surface area contributed by atoms with Crippen molar-refractivity contribution in [2.45, 2.75) is 115 Å². The number of thiol groups is 1. The van der Waals surface area contributed by atoms with Crippen LogP contribution in [0.3, 0.4) is 0 Å². The largest absolute Gasteiger partial charge is 0.391 e. The van der Waals surface area contributed by atoms with Gasteiger partial charge in [0.1, 0.15) is 0 Å². The molecule has 0 aliphatic heterocycles. The van der Waals surface area contributed by atoms with Crippen LogP contribution in [0.25, 0.3) is 0 Å². The lowest BCUT2D eigenvalue weighted by Gasteiger charge is -2.46. The van der Waals surface area contributed by atoms with E-state index in [1.165, 1.54) is 38.5 Å². The average molecular weight is 401 g/mol. The van der Waals surface area contributed by atoms with Crippen LogP contribution in [0.15, 0.2) is 0 Å². The van der Waals surface area contributed by atoms with E-state index in [0.717, 1.165) is 44.1 Å². The second-order valence-corrected chi connectivity index (χ2v) is 10.3. The van der Waals surface area contributed by atoms with Gasteiger partial charge in [-0.1, -0.05) is 27.7 Å². The molecule has 2 atom stereocenters. The van der Waals surface area contributed by atoms with Crippen molar-refractivity contribution in [3.8, 4) is 0 Å². The lowest BCUT2D eigenvalue weighted by Crippen LogP contribution is -2.39. The molecule has 0 aromatic carbocycles. The van der Waals surface area contributed by atoms with Crippen LogP contribution in [0.4, 0.5) is 0 Å². The Morgan fingerprint density at radius 1 is 0.815 bits per heavy atom. The van der Waals surface area contributed by atoms with Gasteiger partial charge in [0.05, 0.1) is 31.5 Å². The molecule has 0 saturated heterocycles. The van der Waals surface area contributed by atoms with Crippen molar-refractivity contribution in [3.05, 3.63) is 0 Å². The molecular weight excluding hydrogens is 356 g/mol. The molecule has 1 N–H and O–H groups in total. The zero-order valence-corrected chi connectivity index (χ0v) is 19.1. The first kappa shape index (κ1) is 23.5. The quantitative estimate of drug-likeness (QED) is 0.466. The van der Waals surface area contributed by atoms with Crippen LogP contribution < -0.4 is 0 Å². The Morgan fingerprint density at radius 3 is 1.67 bits per heavy atom. The summed E-state index contributed by atoms with van der Waals surface area (Å²) in [4.78, 5) is 0. The van der Waals surface area contributed by atoms with Crippen LogP contribution in [0.2, 0.25) is 0 Å². The summed E-state index contributed by atoms with van der Waals surface area (Å²) in [5.74, 6) is 1.62. The van der Waals surface area contributed by atoms with Gasteiger partial charge < -0.3 is 14.6 Å². The van der Waals surface area contributed by atoms with Gasteiger partial charge in [-0.2, -0.15) is 12.6 Å². The predicted octanol–water partition coefficient (Wildman–Crippen LogP) is 5.64. The molecule has 0 radical (unpaired) electrons. The average Bonchev–Trinajstić information content (AvgIpc) is 2.70. The van der Waals surface area contributed by atoms with E-state index < -0.39 is 0 Å². The summed E-state index contributed by atoms with van der Waals surface area (Å²) in [5, 5.41) is 10.1. The van der Waals surface area contributed by atoms with Gasteiger partial charge in [0, 0.05) is 5.25 Å². The summed E-state index contributed by atoms with van der Waals surface area (Å²) in [5.41, 5.74) is 0.411. The minimum Gasteiger partial charge on any atom is -0.391 e. The Kier molecular flexibility index (Phi) is 9.95. The maximum absolute atomic E-state index is 9.70. The summed E-state index contributed by atoms with van der Waals surface area (Å²) in [6.45, 7) is 10.5. The van der Waals surface area contributed by atoms with Crippen LogP contribution >= 0.6 is 12.6 Å². The smallest absolute Gasteiger partial charge is 0.0771 e. The first-order valence-electron chi connectivity index (χ1n) is 11.5. The van der Waals surface area contributed by atoms with E-state index in [-0.39, 0.29) is 6.10 Å². The fourth-order valence-electron chi connectivity index (χ4n) is 5.01. The summed E-state index contributed by atoms with van der Waals surface area (Å²) >= 11 is 4.55. The fraction of sp³-hybridized carbons (Fsp3) is 1.00. The Labute approximate surface area is 173 Å². The van der Waals surface area contributed by atoms with Gasteiger partial charge >= 0.3 is 0 Å². The van der Waals surface area contributed by atoms with E-state index in [2.05, 4.69) is 33.4 Å². The third-order valence-electron chi connectivity index (χ3n) is 7.44. The van der Waals surface area contributed by atoms with E-state index in [1.807, 2.05) is 6.92 Å². The summed E-state index contributed by atoms with van der Waals surface area (Å²) in [6.07, 6.45) is 12.3. The van der Waals surface area contributed by atoms with Crippen molar-refractivity contribution in [1.29, 1.82) is 0 Å². The van der Waals surface area contributed by atoms with Gasteiger partial charge in [-0.3, -0.25) is 0 Å². The number of rotatable bonds is 10. The van der Waals surface area contributed by atoms with Crippen LogP contribution in [0.5, 0.6) is 0 Å². The second kappa shape index (κ2) is 11.4. The van der Waals surface area contributed by atoms with Crippen LogP contribution in [0.1, 0.15) is 91.9 Å². The monoisotopic (exact) mass is 400 g/mol. The van der Waals surface area contributed by atoms with E-state index >= 15 is 0 Å². The van der Waals surface area contributed by atoms with Crippen molar-refractivity contribution in [1.82, 2.24) is 0 Å². The van der Waals surface area contributed by atoms with Gasteiger partial charge in [0.2, 0.25) is 0 Å². The Balaban J connectivity index is 1.72. The zero-order chi connectivity index (χ0) is 19.9. The molecule has 2 fully saturated rings. The Hall–Kier alpha value is 0.230. The highest BCUT2D eigenvalue weighted by atomic mass is 32.1. The van der Waals surface area contributed by atoms with E-state index in [1.54, 1.807) is 0 Å². The SMILES string of the molecule is CCC(O)COC1CCC(C(C)(C)C2CCC(OCC(S)CC)CC2)CC1. The molecule has 0 amide bonds. The first-order chi connectivity index (χ1) is 12.9. The minimum absolute atomic E-state index is 0.299. The zero-order valence-electron chi connectivity index (χ0n) is 18.2. The van der Waals surface area contributed by atoms with Crippen molar-refractivity contribution < 1.29 is 14.6 Å². The van der Waals surface area contributed by atoms with Crippen molar-refractivity contribution >= 4 is 12.6 Å². The number of ether oxygens (including phenoxy) is 2. The Morgan fingerprint density at radius 2 is 1.26 bits per heavy atom. The third-order valence-corrected chi connectivity index (χ3v) is 7.96. The number of aliphatic hydroxyl groups is 1. The van der Waals surface area contributed by atoms with Gasteiger partial charge in [0.15, 0.2) is 0 Å². The number of hydrogen-bond donors (Lipinski definition) is 2. The van der Waals surface area contributed by atoms with Crippen molar-refractivity contribution in [2.24, 2.45) is 17.3 Å². The van der Waals surface area contributed by atoms with Gasteiger partial charge in [0.25, 0.3) is 0 Å². The molecule has 0 spiro atoms. The second-order valence-electron chi connectivity index (χ2n) is 9.56. The third kappa shape index (κ3) is 7.21. The summed E-state index contributed by atoms with van der Waals surface area (Å²) < 4.78 is 12.0. The standard InChI is InChI=1S/C23H44O3S/c1-5-19(24)15-25-20-11-7-17(8-12-20)23(3,4)18-9-13-21(14-10-18)26-16-22(27)6-2/h17-22,24,27H,5-16H2,1-4H3. The topological polar surface area (TPSA) is 38.7 Å². The van der Waals surface area contributed by atoms with Gasteiger partial charge in [-0.05, 0) is 81.5 Å². The van der Waals surface area contributed by atoms with Crippen molar-refractivity contribution in [2.75, 3.05) is 13.2 Å². The molecule has 2 aliphatic rings. The van der Waals surface area contributed by atoms with E-state index in [4.69, 9.17) is 9.47 Å². The molecule has 2 rings (SSSR count). The van der Waals surface area contributed by atoms with E-state index in [0.29, 0.717) is 29.5 Å². The summed E-state index contributed by atoms with van der Waals surface area (Å²) in [6, 6.07) is 0. The minimum atomic E-state index is -0.299. The molecule has 3 nitrogen and oxygen atoms in total. The molecule has 0 heterocycles. The summed E-state index contributed by atoms with van der Waals surface area (Å²) in [7, 11) is 0. The molecule has 27 heavy (non-hydrogen) atoms. The first-order valence-corrected chi connectivity index (χ1v) is 12.0. The molecule has 4 heteroatoms. The lowest BCUT2D eigenvalue weighted by molar-refractivity contribution is -0.0527. The molecular formula is C23H44O3S. The fourth-order valence-corrected chi connectivity index (χ4v) is 5.10. The molecule has 0 aromatic rings. The van der Waals surface area contributed by atoms with Gasteiger partial charge in [-0.15, -0.1) is 0 Å². The molecule has 2 saturated carbocycles. The Bertz CT molecular complexity index is 362. The normalized spacial score (nSPS) is 32.2. The highest BCUT2D eigenvalue weighted by Crippen LogP contribution is 2.48. The lowest BCUT2D eigenvalue weighted by atomic mass is 9.60. The van der Waals surface area contributed by atoms with Gasteiger partial charge in [-0.25, -0.2) is 0 Å². The molecule has 160 valence electrons. The molecule has 2 aliphatic carbocycles. The number of hydrogen-bond acceptors (Lipinski definition) is 4. The van der Waals surface area contributed by atoms with Crippen LogP contribution in [0, 0.1) is 17.3 Å². The van der Waals surface area contributed by atoms with Crippen molar-refractivity contribution in [3.63, 3.8) is 0 Å². The predicted molar refractivity (Wildman–Crippen MR) is 117 cm³/mol. The maximum atomic E-state index is 9.70. The van der Waals surface area contributed by atoms with E-state index in [9.17, 15) is 5.11 Å². The molecule has 2 unspecified atom stereocenters. The highest BCUT2D eigenvalue weighted by molar-refractivity contribution is 7.81. The molecule has 0 bridgehead atoms. The highest BCUT2D eigenvalue weighted by Gasteiger charge is 2.40. The van der Waals surface area contributed by atoms with Crippen LogP contribution in [-0.4, -0.2) is 41.9 Å². The maximum Gasteiger partial charge on any atom is 0.0771 e.